The van der Waals surface area contributed by atoms with Gasteiger partial charge in [-0.25, -0.2) is 8.42 Å². The monoisotopic (exact) mass is 631 g/mol. The molecule has 0 saturated heterocycles. The molecule has 3 rings (SSSR count). The molecular formula is C29H34BrN3O6S. The van der Waals surface area contributed by atoms with E-state index in [1.165, 1.54) is 24.1 Å². The Balaban J connectivity index is 2.04. The second-order valence-corrected chi connectivity index (χ2v) is 11.6. The van der Waals surface area contributed by atoms with Gasteiger partial charge in [0.15, 0.2) is 0 Å². The molecule has 0 aromatic heterocycles. The van der Waals surface area contributed by atoms with Gasteiger partial charge in [0, 0.05) is 18.1 Å². The standard InChI is InChI=1S/C29H34BrN3O6S/c1-5-27(29(35)31-3)32(19-21-7-13-24(38-4)14-8-21)28(34)20-33(23-11-15-25(16-12-23)39-6-2)40(36,37)26-17-9-22(30)10-18-26/h7-18,27H,5-6,19-20H2,1-4H3,(H,31,35). The van der Waals surface area contributed by atoms with Crippen molar-refractivity contribution in [1.29, 1.82) is 0 Å². The van der Waals surface area contributed by atoms with Crippen molar-refractivity contribution in [1.82, 2.24) is 10.2 Å². The average Bonchev–Trinajstić information content (AvgIpc) is 2.96. The summed E-state index contributed by atoms with van der Waals surface area (Å²) in [4.78, 5) is 28.2. The van der Waals surface area contributed by atoms with Crippen LogP contribution < -0.4 is 19.1 Å². The van der Waals surface area contributed by atoms with Crippen molar-refractivity contribution < 1.29 is 27.5 Å². The maximum atomic E-state index is 14.0. The molecular weight excluding hydrogens is 598 g/mol. The minimum absolute atomic E-state index is 0.0254. The van der Waals surface area contributed by atoms with Gasteiger partial charge in [0.25, 0.3) is 10.0 Å². The lowest BCUT2D eigenvalue weighted by Crippen LogP contribution is -2.51. The van der Waals surface area contributed by atoms with Crippen LogP contribution in [0.2, 0.25) is 0 Å². The smallest absolute Gasteiger partial charge is 0.264 e. The van der Waals surface area contributed by atoms with Gasteiger partial charge >= 0.3 is 0 Å². The normalized spacial score (nSPS) is 11.8. The first kappa shape index (κ1) is 31.0. The summed E-state index contributed by atoms with van der Waals surface area (Å²) in [6.45, 7) is 3.69. The van der Waals surface area contributed by atoms with E-state index in [1.54, 1.807) is 74.7 Å². The number of sulfonamides is 1. The number of likely N-dealkylation sites (N-methyl/N-ethyl adjacent to an activating group) is 1. The Morgan fingerprint density at radius 3 is 2.05 bits per heavy atom. The molecule has 2 amide bonds. The first-order valence-electron chi connectivity index (χ1n) is 12.8. The molecule has 0 heterocycles. The predicted octanol–water partition coefficient (Wildman–Crippen LogP) is 4.61. The van der Waals surface area contributed by atoms with E-state index >= 15 is 0 Å². The molecule has 3 aromatic carbocycles. The summed E-state index contributed by atoms with van der Waals surface area (Å²) in [5.74, 6) is 0.362. The predicted molar refractivity (Wildman–Crippen MR) is 158 cm³/mol. The maximum absolute atomic E-state index is 14.0. The maximum Gasteiger partial charge on any atom is 0.264 e. The molecule has 3 aromatic rings. The highest BCUT2D eigenvalue weighted by Crippen LogP contribution is 2.28. The van der Waals surface area contributed by atoms with E-state index in [9.17, 15) is 18.0 Å². The third kappa shape index (κ3) is 7.54. The van der Waals surface area contributed by atoms with Crippen molar-refractivity contribution in [3.63, 3.8) is 0 Å². The molecule has 214 valence electrons. The van der Waals surface area contributed by atoms with Gasteiger partial charge in [-0.05, 0) is 79.6 Å². The number of anilines is 1. The quantitative estimate of drug-likeness (QED) is 0.295. The second-order valence-electron chi connectivity index (χ2n) is 8.80. The minimum atomic E-state index is -4.16. The Morgan fingerprint density at radius 2 is 1.52 bits per heavy atom. The first-order chi connectivity index (χ1) is 19.1. The van der Waals surface area contributed by atoms with Crippen molar-refractivity contribution in [2.45, 2.75) is 37.8 Å². The molecule has 0 aliphatic rings. The number of carbonyl (C=O) groups excluding carboxylic acids is 2. The zero-order chi connectivity index (χ0) is 29.3. The fourth-order valence-electron chi connectivity index (χ4n) is 4.15. The molecule has 0 aliphatic carbocycles. The molecule has 0 radical (unpaired) electrons. The summed E-state index contributed by atoms with van der Waals surface area (Å²) in [5, 5.41) is 2.62. The van der Waals surface area contributed by atoms with Gasteiger partial charge in [-0.15, -0.1) is 0 Å². The molecule has 0 spiro atoms. The van der Waals surface area contributed by atoms with Gasteiger partial charge in [-0.1, -0.05) is 35.0 Å². The highest BCUT2D eigenvalue weighted by atomic mass is 79.9. The molecule has 1 atom stereocenters. The van der Waals surface area contributed by atoms with Crippen LogP contribution in [0.4, 0.5) is 5.69 Å². The molecule has 1 N–H and O–H groups in total. The van der Waals surface area contributed by atoms with Crippen molar-refractivity contribution in [2.75, 3.05) is 31.6 Å². The third-order valence-electron chi connectivity index (χ3n) is 6.26. The van der Waals surface area contributed by atoms with Crippen LogP contribution in [0.25, 0.3) is 0 Å². The molecule has 0 bridgehead atoms. The molecule has 0 aliphatic heterocycles. The van der Waals surface area contributed by atoms with E-state index in [-0.39, 0.29) is 23.0 Å². The summed E-state index contributed by atoms with van der Waals surface area (Å²) >= 11 is 3.33. The van der Waals surface area contributed by atoms with Crippen molar-refractivity contribution in [3.8, 4) is 11.5 Å². The Hall–Kier alpha value is -3.57. The number of nitrogens with zero attached hydrogens (tertiary/aromatic N) is 2. The highest BCUT2D eigenvalue weighted by Gasteiger charge is 2.33. The Kier molecular flexibility index (Phi) is 11.0. The topological polar surface area (TPSA) is 105 Å². The number of halogens is 1. The van der Waals surface area contributed by atoms with Gasteiger partial charge in [-0.2, -0.15) is 0 Å². The SMILES string of the molecule is CCOc1ccc(N(CC(=O)N(Cc2ccc(OC)cc2)C(CC)C(=O)NC)S(=O)(=O)c2ccc(Br)cc2)cc1. The van der Waals surface area contributed by atoms with Crippen LogP contribution in [0.15, 0.2) is 82.2 Å². The van der Waals surface area contributed by atoms with Crippen LogP contribution >= 0.6 is 15.9 Å². The van der Waals surface area contributed by atoms with E-state index in [1.807, 2.05) is 6.92 Å². The number of hydrogen-bond donors (Lipinski definition) is 1. The van der Waals surface area contributed by atoms with E-state index < -0.39 is 28.5 Å². The van der Waals surface area contributed by atoms with Crippen LogP contribution in [0, 0.1) is 0 Å². The van der Waals surface area contributed by atoms with Gasteiger partial charge in [0.05, 0.1) is 24.3 Å². The number of benzene rings is 3. The van der Waals surface area contributed by atoms with Crippen molar-refractivity contribution in [2.24, 2.45) is 0 Å². The number of hydrogen-bond acceptors (Lipinski definition) is 6. The number of ether oxygens (including phenoxy) is 2. The lowest BCUT2D eigenvalue weighted by Gasteiger charge is -2.33. The molecule has 0 saturated carbocycles. The molecule has 0 fully saturated rings. The largest absolute Gasteiger partial charge is 0.497 e. The third-order valence-corrected chi connectivity index (χ3v) is 8.58. The number of nitrogens with one attached hydrogen (secondary N) is 1. The summed E-state index contributed by atoms with van der Waals surface area (Å²) in [5.41, 5.74) is 1.05. The van der Waals surface area contributed by atoms with Crippen molar-refractivity contribution in [3.05, 3.63) is 82.8 Å². The first-order valence-corrected chi connectivity index (χ1v) is 15.0. The Labute approximate surface area is 244 Å². The van der Waals surface area contributed by atoms with Crippen LogP contribution in [0.3, 0.4) is 0 Å². The van der Waals surface area contributed by atoms with Gasteiger partial charge in [-0.3, -0.25) is 13.9 Å². The zero-order valence-corrected chi connectivity index (χ0v) is 25.4. The summed E-state index contributed by atoms with van der Waals surface area (Å²) < 4.78 is 40.3. The minimum Gasteiger partial charge on any atom is -0.497 e. The second kappa shape index (κ2) is 14.2. The van der Waals surface area contributed by atoms with Gasteiger partial charge in [0.1, 0.15) is 24.1 Å². The van der Waals surface area contributed by atoms with E-state index in [0.29, 0.717) is 24.5 Å². The summed E-state index contributed by atoms with van der Waals surface area (Å²) in [7, 11) is -1.09. The summed E-state index contributed by atoms with van der Waals surface area (Å²) in [6.07, 6.45) is 0.337. The van der Waals surface area contributed by atoms with Crippen molar-refractivity contribution >= 4 is 43.5 Å². The van der Waals surface area contributed by atoms with Crippen LogP contribution in [-0.2, 0) is 26.2 Å². The molecule has 1 unspecified atom stereocenters. The molecule has 9 nitrogen and oxygen atoms in total. The van der Waals surface area contributed by atoms with E-state index in [4.69, 9.17) is 9.47 Å². The lowest BCUT2D eigenvalue weighted by atomic mass is 10.1. The number of rotatable bonds is 13. The van der Waals surface area contributed by atoms with E-state index in [0.717, 1.165) is 14.3 Å². The number of amides is 2. The average molecular weight is 633 g/mol. The van der Waals surface area contributed by atoms with E-state index in [2.05, 4.69) is 21.2 Å². The number of carbonyl (C=O) groups is 2. The number of methoxy groups -OCH3 is 1. The highest BCUT2D eigenvalue weighted by molar-refractivity contribution is 9.10. The van der Waals surface area contributed by atoms with Crippen LogP contribution in [-0.4, -0.2) is 58.5 Å². The lowest BCUT2D eigenvalue weighted by molar-refractivity contribution is -0.140. The molecule has 11 heteroatoms. The van der Waals surface area contributed by atoms with Gasteiger partial charge in [0.2, 0.25) is 11.8 Å². The Morgan fingerprint density at radius 1 is 0.925 bits per heavy atom. The van der Waals surface area contributed by atoms with Crippen LogP contribution in [0.5, 0.6) is 11.5 Å². The fraction of sp³-hybridized carbons (Fsp3) is 0.310. The van der Waals surface area contributed by atoms with Gasteiger partial charge < -0.3 is 19.7 Å². The zero-order valence-electron chi connectivity index (χ0n) is 23.0. The summed E-state index contributed by atoms with van der Waals surface area (Å²) in [6, 6.07) is 19.0. The van der Waals surface area contributed by atoms with Crippen LogP contribution in [0.1, 0.15) is 25.8 Å². The fourth-order valence-corrected chi connectivity index (χ4v) is 5.83. The molecule has 40 heavy (non-hydrogen) atoms. The Bertz CT molecular complexity index is 1380.